The quantitative estimate of drug-likeness (QED) is 0.347. The average Bonchev–Trinajstić information content (AvgIpc) is 2.79. The lowest BCUT2D eigenvalue weighted by molar-refractivity contribution is 0.0459. The van der Waals surface area contributed by atoms with Gasteiger partial charge in [0.2, 0.25) is 0 Å². The Morgan fingerprint density at radius 1 is 0.774 bits per heavy atom. The SMILES string of the molecule is CC(C)COC(=O)c1ccc(OC(=O)c2cccc(OCCc3ccccc3)c2)cc1. The lowest BCUT2D eigenvalue weighted by atomic mass is 10.2. The summed E-state index contributed by atoms with van der Waals surface area (Å²) in [6, 6.07) is 23.2. The summed E-state index contributed by atoms with van der Waals surface area (Å²) in [5.74, 6) is 0.326. The van der Waals surface area contributed by atoms with Crippen molar-refractivity contribution in [3.05, 3.63) is 95.6 Å². The molecule has 0 N–H and O–H groups in total. The van der Waals surface area contributed by atoms with E-state index in [1.165, 1.54) is 5.56 Å². The summed E-state index contributed by atoms with van der Waals surface area (Å²) in [5, 5.41) is 0. The third-order valence-corrected chi connectivity index (χ3v) is 4.42. The van der Waals surface area contributed by atoms with Crippen LogP contribution in [0.1, 0.15) is 40.1 Å². The smallest absolute Gasteiger partial charge is 0.343 e. The van der Waals surface area contributed by atoms with Gasteiger partial charge in [-0.25, -0.2) is 9.59 Å². The molecule has 3 rings (SSSR count). The van der Waals surface area contributed by atoms with Gasteiger partial charge in [-0.15, -0.1) is 0 Å². The number of carbonyl (C=O) groups is 2. The van der Waals surface area contributed by atoms with Gasteiger partial charge in [0.15, 0.2) is 0 Å². The van der Waals surface area contributed by atoms with Crippen LogP contribution < -0.4 is 9.47 Å². The second-order valence-corrected chi connectivity index (χ2v) is 7.52. The number of carbonyl (C=O) groups excluding carboxylic acids is 2. The topological polar surface area (TPSA) is 61.8 Å². The minimum Gasteiger partial charge on any atom is -0.493 e. The lowest BCUT2D eigenvalue weighted by Crippen LogP contribution is -2.11. The molecule has 0 spiro atoms. The van der Waals surface area contributed by atoms with Crippen LogP contribution in [0.25, 0.3) is 0 Å². The van der Waals surface area contributed by atoms with Crippen LogP contribution in [0, 0.1) is 5.92 Å². The molecule has 0 fully saturated rings. The summed E-state index contributed by atoms with van der Waals surface area (Å²) in [7, 11) is 0. The van der Waals surface area contributed by atoms with E-state index in [0.29, 0.717) is 35.8 Å². The average molecular weight is 418 g/mol. The monoisotopic (exact) mass is 418 g/mol. The van der Waals surface area contributed by atoms with Gasteiger partial charge in [0, 0.05) is 6.42 Å². The summed E-state index contributed by atoms with van der Waals surface area (Å²) in [4.78, 5) is 24.5. The van der Waals surface area contributed by atoms with Crippen molar-refractivity contribution in [2.75, 3.05) is 13.2 Å². The number of hydrogen-bond donors (Lipinski definition) is 0. The molecule has 0 aromatic heterocycles. The summed E-state index contributed by atoms with van der Waals surface area (Å²) >= 11 is 0. The maximum absolute atomic E-state index is 12.5. The summed E-state index contributed by atoms with van der Waals surface area (Å²) in [6.07, 6.45) is 0.779. The molecule has 0 aliphatic rings. The van der Waals surface area contributed by atoms with E-state index >= 15 is 0 Å². The Hall–Kier alpha value is -3.60. The molecule has 31 heavy (non-hydrogen) atoms. The summed E-state index contributed by atoms with van der Waals surface area (Å²) < 4.78 is 16.4. The highest BCUT2D eigenvalue weighted by Crippen LogP contribution is 2.18. The van der Waals surface area contributed by atoms with Crippen LogP contribution in [-0.4, -0.2) is 25.2 Å². The lowest BCUT2D eigenvalue weighted by Gasteiger charge is -2.09. The first-order valence-corrected chi connectivity index (χ1v) is 10.3. The van der Waals surface area contributed by atoms with Crippen molar-refractivity contribution in [1.29, 1.82) is 0 Å². The molecule has 0 saturated heterocycles. The fourth-order valence-electron chi connectivity index (χ4n) is 2.79. The first kappa shape index (κ1) is 22.1. The fraction of sp³-hybridized carbons (Fsp3) is 0.231. The summed E-state index contributed by atoms with van der Waals surface area (Å²) in [5.41, 5.74) is 1.99. The molecule has 0 atom stereocenters. The van der Waals surface area contributed by atoms with Crippen LogP contribution in [0.15, 0.2) is 78.9 Å². The molecule has 3 aromatic rings. The predicted octanol–water partition coefficient (Wildman–Crippen LogP) is 5.34. The molecule has 0 heterocycles. The second-order valence-electron chi connectivity index (χ2n) is 7.52. The Balaban J connectivity index is 1.54. The molecule has 0 aliphatic heterocycles. The van der Waals surface area contributed by atoms with Gasteiger partial charge in [-0.3, -0.25) is 0 Å². The highest BCUT2D eigenvalue weighted by molar-refractivity contribution is 5.92. The van der Waals surface area contributed by atoms with E-state index in [9.17, 15) is 9.59 Å². The molecular weight excluding hydrogens is 392 g/mol. The first-order valence-electron chi connectivity index (χ1n) is 10.3. The van der Waals surface area contributed by atoms with E-state index in [1.54, 1.807) is 48.5 Å². The summed E-state index contributed by atoms with van der Waals surface area (Å²) in [6.45, 7) is 4.81. The van der Waals surface area contributed by atoms with Crippen molar-refractivity contribution in [3.8, 4) is 11.5 Å². The second kappa shape index (κ2) is 11.0. The van der Waals surface area contributed by atoms with Crippen LogP contribution in [0.5, 0.6) is 11.5 Å². The van der Waals surface area contributed by atoms with E-state index in [1.807, 2.05) is 44.2 Å². The number of hydrogen-bond acceptors (Lipinski definition) is 5. The number of benzene rings is 3. The fourth-order valence-corrected chi connectivity index (χ4v) is 2.79. The molecule has 5 nitrogen and oxygen atoms in total. The molecule has 0 bridgehead atoms. The van der Waals surface area contributed by atoms with Crippen LogP contribution in [0.4, 0.5) is 0 Å². The molecule has 0 unspecified atom stereocenters. The van der Waals surface area contributed by atoms with Crippen LogP contribution >= 0.6 is 0 Å². The van der Waals surface area contributed by atoms with Gasteiger partial charge in [-0.05, 0) is 53.9 Å². The van der Waals surface area contributed by atoms with Gasteiger partial charge in [0.05, 0.1) is 24.3 Å². The maximum Gasteiger partial charge on any atom is 0.343 e. The Morgan fingerprint density at radius 3 is 2.23 bits per heavy atom. The van der Waals surface area contributed by atoms with Crippen molar-refractivity contribution < 1.29 is 23.8 Å². The van der Waals surface area contributed by atoms with Crippen LogP contribution in [0.2, 0.25) is 0 Å². The number of rotatable bonds is 9. The van der Waals surface area contributed by atoms with Crippen molar-refractivity contribution in [2.24, 2.45) is 5.92 Å². The van der Waals surface area contributed by atoms with Gasteiger partial charge >= 0.3 is 11.9 Å². The van der Waals surface area contributed by atoms with Crippen molar-refractivity contribution in [2.45, 2.75) is 20.3 Å². The van der Waals surface area contributed by atoms with Crippen LogP contribution in [-0.2, 0) is 11.2 Å². The van der Waals surface area contributed by atoms with E-state index in [0.717, 1.165) is 6.42 Å². The van der Waals surface area contributed by atoms with Gasteiger partial charge < -0.3 is 14.2 Å². The number of ether oxygens (including phenoxy) is 3. The zero-order valence-electron chi connectivity index (χ0n) is 17.7. The normalized spacial score (nSPS) is 10.5. The Bertz CT molecular complexity index is 994. The van der Waals surface area contributed by atoms with Crippen LogP contribution in [0.3, 0.4) is 0 Å². The zero-order chi connectivity index (χ0) is 22.1. The van der Waals surface area contributed by atoms with Gasteiger partial charge in [-0.2, -0.15) is 0 Å². The Morgan fingerprint density at radius 2 is 1.52 bits per heavy atom. The third-order valence-electron chi connectivity index (χ3n) is 4.42. The Labute approximate surface area is 182 Å². The molecule has 5 heteroatoms. The maximum atomic E-state index is 12.5. The molecule has 0 saturated carbocycles. The minimum absolute atomic E-state index is 0.266. The molecule has 3 aromatic carbocycles. The largest absolute Gasteiger partial charge is 0.493 e. The molecule has 0 aliphatic carbocycles. The van der Waals surface area contributed by atoms with E-state index in [4.69, 9.17) is 14.2 Å². The molecule has 0 amide bonds. The van der Waals surface area contributed by atoms with Crippen molar-refractivity contribution >= 4 is 11.9 Å². The van der Waals surface area contributed by atoms with Gasteiger partial charge in [-0.1, -0.05) is 50.2 Å². The van der Waals surface area contributed by atoms with E-state index < -0.39 is 11.9 Å². The van der Waals surface area contributed by atoms with E-state index in [2.05, 4.69) is 0 Å². The molecular formula is C26H26O5. The third kappa shape index (κ3) is 7.00. The zero-order valence-corrected chi connectivity index (χ0v) is 17.7. The minimum atomic E-state index is -0.497. The Kier molecular flexibility index (Phi) is 7.82. The van der Waals surface area contributed by atoms with Gasteiger partial charge in [0.1, 0.15) is 11.5 Å². The van der Waals surface area contributed by atoms with Crippen molar-refractivity contribution in [1.82, 2.24) is 0 Å². The van der Waals surface area contributed by atoms with Crippen molar-refractivity contribution in [3.63, 3.8) is 0 Å². The first-order chi connectivity index (χ1) is 15.0. The van der Waals surface area contributed by atoms with Gasteiger partial charge in [0.25, 0.3) is 0 Å². The number of esters is 2. The molecule has 0 radical (unpaired) electrons. The standard InChI is InChI=1S/C26H26O5/c1-19(2)18-30-25(27)21-11-13-23(14-12-21)31-26(28)22-9-6-10-24(17-22)29-16-15-20-7-4-3-5-8-20/h3-14,17,19H,15-16,18H2,1-2H3. The highest BCUT2D eigenvalue weighted by Gasteiger charge is 2.12. The highest BCUT2D eigenvalue weighted by atomic mass is 16.5. The van der Waals surface area contributed by atoms with E-state index in [-0.39, 0.29) is 5.92 Å². The molecule has 160 valence electrons. The predicted molar refractivity (Wildman–Crippen MR) is 119 cm³/mol.